The highest BCUT2D eigenvalue weighted by atomic mass is 79.9. The number of rotatable bonds is 3. The van der Waals surface area contributed by atoms with Gasteiger partial charge in [0.05, 0.1) is 15.9 Å². The summed E-state index contributed by atoms with van der Waals surface area (Å²) in [6.45, 7) is 0. The number of carbonyl (C=O) groups is 1. The summed E-state index contributed by atoms with van der Waals surface area (Å²) in [5, 5.41) is 39.4. The second-order valence-electron chi connectivity index (χ2n) is 7.69. The Balaban J connectivity index is 0.000000330. The molecule has 11 heteroatoms. The Bertz CT molecular complexity index is 905. The predicted octanol–water partition coefficient (Wildman–Crippen LogP) is 2.13. The monoisotopic (exact) mass is 520 g/mol. The number of aromatic nitrogens is 1. The molecule has 1 aliphatic carbocycles. The summed E-state index contributed by atoms with van der Waals surface area (Å²) in [6, 6.07) is 4.01. The quantitative estimate of drug-likeness (QED) is 0.358. The molecule has 0 amide bonds. The summed E-state index contributed by atoms with van der Waals surface area (Å²) >= 11 is 9.51. The maximum atomic E-state index is 11.1. The van der Waals surface area contributed by atoms with E-state index in [9.17, 15) is 20.1 Å². The lowest BCUT2D eigenvalue weighted by Gasteiger charge is -2.38. The molecule has 1 aliphatic heterocycles. The van der Waals surface area contributed by atoms with Crippen LogP contribution in [0.3, 0.4) is 0 Å². The van der Waals surface area contributed by atoms with E-state index in [1.165, 1.54) is 38.3 Å². The van der Waals surface area contributed by atoms with Gasteiger partial charge in [-0.25, -0.2) is 4.79 Å². The van der Waals surface area contributed by atoms with Crippen molar-refractivity contribution in [1.29, 1.82) is 0 Å². The number of nitrogens with two attached hydrogens (primary N) is 1. The number of hydrogen-bond acceptors (Lipinski definition) is 7. The van der Waals surface area contributed by atoms with Crippen LogP contribution in [0.15, 0.2) is 22.8 Å². The Kier molecular flexibility index (Phi) is 8.19. The van der Waals surface area contributed by atoms with Crippen LogP contribution >= 0.6 is 27.5 Å². The molecule has 1 aromatic carbocycles. The number of aliphatic hydroxyl groups is 3. The summed E-state index contributed by atoms with van der Waals surface area (Å²) < 4.78 is 11.2. The van der Waals surface area contributed by atoms with Crippen LogP contribution in [0.2, 0.25) is 5.02 Å². The number of carboxylic acids is 1. The topological polar surface area (TPSA) is 158 Å². The average molecular weight is 522 g/mol. The lowest BCUT2D eigenvalue weighted by molar-refractivity contribution is -0.270. The fraction of sp³-hybridized carbons (Fsp3) is 0.550. The van der Waals surface area contributed by atoms with Crippen LogP contribution in [0.25, 0.3) is 10.9 Å². The van der Waals surface area contributed by atoms with Gasteiger partial charge in [-0.3, -0.25) is 0 Å². The first kappa shape index (κ1) is 24.2. The van der Waals surface area contributed by atoms with Crippen molar-refractivity contribution in [2.75, 3.05) is 0 Å². The van der Waals surface area contributed by atoms with E-state index in [0.29, 0.717) is 26.4 Å². The molecule has 1 aromatic heterocycles. The minimum absolute atomic E-state index is 0.202. The standard InChI is InChI=1S/C14H13BrClNO7.C6H13N/c15-4-1-2-5-7(8(4)16)6(3-17-5)23-14-11(20)9(18)10(19)12(24-14)13(21)22;7-6-4-2-1-3-5-6/h1-3,9-12,14,17-20H,(H,21,22);6H,1-5,7H2/t9-,10-,11+,12-,14+;/m0./s1. The smallest absolute Gasteiger partial charge is 0.335 e. The number of aliphatic carboxylic acids is 1. The average Bonchev–Trinajstić information content (AvgIpc) is 3.15. The van der Waals surface area contributed by atoms with Crippen molar-refractivity contribution in [3.8, 4) is 5.75 Å². The number of halogens is 2. The molecule has 4 rings (SSSR count). The van der Waals surface area contributed by atoms with Crippen molar-refractivity contribution in [3.63, 3.8) is 0 Å². The third-order valence-electron chi connectivity index (χ3n) is 5.41. The SMILES string of the molecule is NC1CCCCC1.O=C(O)[C@H]1O[C@@H](Oc2c[nH]c3ccc(Br)c(Cl)c23)[C@H](O)[C@@H](O)[C@@H]1O. The van der Waals surface area contributed by atoms with E-state index in [0.717, 1.165) is 0 Å². The molecule has 172 valence electrons. The Labute approximate surface area is 192 Å². The van der Waals surface area contributed by atoms with Crippen molar-refractivity contribution in [1.82, 2.24) is 4.98 Å². The van der Waals surface area contributed by atoms with Gasteiger partial charge in [0.15, 0.2) is 6.10 Å². The maximum Gasteiger partial charge on any atom is 0.335 e. The first-order valence-corrected chi connectivity index (χ1v) is 11.2. The molecule has 9 nitrogen and oxygen atoms in total. The number of H-pyrrole nitrogens is 1. The van der Waals surface area contributed by atoms with E-state index in [4.69, 9.17) is 31.9 Å². The molecule has 1 saturated carbocycles. The van der Waals surface area contributed by atoms with E-state index in [-0.39, 0.29) is 5.75 Å². The van der Waals surface area contributed by atoms with Crippen molar-refractivity contribution in [2.24, 2.45) is 5.73 Å². The molecule has 1 saturated heterocycles. The molecule has 2 fully saturated rings. The second-order valence-corrected chi connectivity index (χ2v) is 8.92. The molecular formula is C20H26BrClN2O7. The molecule has 0 bridgehead atoms. The summed E-state index contributed by atoms with van der Waals surface area (Å²) in [5.74, 6) is -1.28. The van der Waals surface area contributed by atoms with Crippen molar-refractivity contribution in [3.05, 3.63) is 27.8 Å². The highest BCUT2D eigenvalue weighted by Crippen LogP contribution is 2.38. The van der Waals surface area contributed by atoms with Crippen LogP contribution in [0.5, 0.6) is 5.75 Å². The lowest BCUT2D eigenvalue weighted by atomic mass is 9.97. The molecule has 0 radical (unpaired) electrons. The fourth-order valence-corrected chi connectivity index (χ4v) is 4.22. The van der Waals surface area contributed by atoms with Gasteiger partial charge in [-0.1, -0.05) is 30.9 Å². The van der Waals surface area contributed by atoms with E-state index < -0.39 is 36.7 Å². The van der Waals surface area contributed by atoms with Gasteiger partial charge in [0.1, 0.15) is 24.1 Å². The number of hydrogen-bond donors (Lipinski definition) is 6. The van der Waals surface area contributed by atoms with Crippen LogP contribution < -0.4 is 10.5 Å². The van der Waals surface area contributed by atoms with Gasteiger partial charge in [-0.2, -0.15) is 0 Å². The van der Waals surface area contributed by atoms with Crippen LogP contribution in [0.4, 0.5) is 0 Å². The second kappa shape index (κ2) is 10.5. The normalized spacial score (nSPS) is 29.3. The highest BCUT2D eigenvalue weighted by Gasteiger charge is 2.48. The molecule has 31 heavy (non-hydrogen) atoms. The van der Waals surface area contributed by atoms with Crippen molar-refractivity contribution < 1.29 is 34.7 Å². The molecule has 2 aliphatic rings. The number of carboxylic acid groups (broad SMARTS) is 1. The van der Waals surface area contributed by atoms with Gasteiger partial charge in [0.25, 0.3) is 0 Å². The Morgan fingerprint density at radius 3 is 2.42 bits per heavy atom. The highest BCUT2D eigenvalue weighted by molar-refractivity contribution is 9.10. The first-order chi connectivity index (χ1) is 14.7. The maximum absolute atomic E-state index is 11.1. The van der Waals surface area contributed by atoms with E-state index >= 15 is 0 Å². The zero-order valence-corrected chi connectivity index (χ0v) is 18.9. The van der Waals surface area contributed by atoms with Gasteiger partial charge < -0.3 is 40.6 Å². The molecule has 5 atom stereocenters. The number of nitrogens with one attached hydrogen (secondary N) is 1. The van der Waals surface area contributed by atoms with Crippen molar-refractivity contribution in [2.45, 2.75) is 68.9 Å². The van der Waals surface area contributed by atoms with Gasteiger partial charge in [0.2, 0.25) is 6.29 Å². The molecule has 7 N–H and O–H groups in total. The third-order valence-corrected chi connectivity index (χ3v) is 6.69. The zero-order chi connectivity index (χ0) is 22.7. The van der Waals surface area contributed by atoms with Gasteiger partial charge in [-0.05, 0) is 40.9 Å². The summed E-state index contributed by atoms with van der Waals surface area (Å²) in [6.07, 6.45) is -0.274. The summed E-state index contributed by atoms with van der Waals surface area (Å²) in [7, 11) is 0. The fourth-order valence-electron chi connectivity index (χ4n) is 3.63. The molecule has 0 spiro atoms. The number of aliphatic hydroxyl groups excluding tert-OH is 3. The minimum Gasteiger partial charge on any atom is -0.479 e. The van der Waals surface area contributed by atoms with Crippen LogP contribution in [-0.2, 0) is 9.53 Å². The number of benzene rings is 1. The Morgan fingerprint density at radius 2 is 1.84 bits per heavy atom. The van der Waals surface area contributed by atoms with E-state index in [2.05, 4.69) is 20.9 Å². The Morgan fingerprint density at radius 1 is 1.16 bits per heavy atom. The largest absolute Gasteiger partial charge is 0.479 e. The van der Waals surface area contributed by atoms with Gasteiger partial charge in [-0.15, -0.1) is 0 Å². The minimum atomic E-state index is -1.78. The summed E-state index contributed by atoms with van der Waals surface area (Å²) in [5.41, 5.74) is 6.29. The van der Waals surface area contributed by atoms with Crippen molar-refractivity contribution >= 4 is 44.4 Å². The van der Waals surface area contributed by atoms with Crippen LogP contribution in [0.1, 0.15) is 32.1 Å². The number of fused-ring (bicyclic) bond motifs is 1. The molecular weight excluding hydrogens is 496 g/mol. The molecule has 2 heterocycles. The van der Waals surface area contributed by atoms with E-state index in [1.807, 2.05) is 0 Å². The molecule has 2 aromatic rings. The Hall–Kier alpha value is -1.40. The predicted molar refractivity (Wildman–Crippen MR) is 117 cm³/mol. The van der Waals surface area contributed by atoms with E-state index in [1.54, 1.807) is 12.1 Å². The third kappa shape index (κ3) is 5.51. The van der Waals surface area contributed by atoms with Crippen LogP contribution in [0, 0.1) is 0 Å². The number of ether oxygens (including phenoxy) is 2. The number of aromatic amines is 1. The molecule has 0 unspecified atom stereocenters. The van der Waals surface area contributed by atoms with Gasteiger partial charge in [0, 0.05) is 16.7 Å². The zero-order valence-electron chi connectivity index (χ0n) is 16.6. The van der Waals surface area contributed by atoms with Gasteiger partial charge >= 0.3 is 5.97 Å². The first-order valence-electron chi connectivity index (χ1n) is 10.0. The van der Waals surface area contributed by atoms with Crippen LogP contribution in [-0.4, -0.2) is 68.1 Å². The lowest BCUT2D eigenvalue weighted by Crippen LogP contribution is -2.61. The summed E-state index contributed by atoms with van der Waals surface area (Å²) in [4.78, 5) is 14.0.